The number of phenolic OH excluding ortho intramolecular Hbond substituents is 1. The average Bonchev–Trinajstić information content (AvgIpc) is 2.92. The summed E-state index contributed by atoms with van der Waals surface area (Å²) >= 11 is 0. The molecular weight excluding hydrogens is 312 g/mol. The molecule has 1 atom stereocenters. The van der Waals surface area contributed by atoms with Gasteiger partial charge in [0.2, 0.25) is 0 Å². The lowest BCUT2D eigenvalue weighted by Gasteiger charge is -2.25. The summed E-state index contributed by atoms with van der Waals surface area (Å²) in [6.45, 7) is 0.914. The molecule has 4 nitrogen and oxygen atoms in total. The Hall–Kier alpha value is -2.17. The third kappa shape index (κ3) is 2.64. The van der Waals surface area contributed by atoms with Crippen molar-refractivity contribution in [1.29, 1.82) is 0 Å². The zero-order valence-electron chi connectivity index (χ0n) is 12.8. The van der Waals surface area contributed by atoms with Gasteiger partial charge in [-0.3, -0.25) is 0 Å². The van der Waals surface area contributed by atoms with Crippen molar-refractivity contribution in [3.8, 4) is 11.5 Å². The average molecular weight is 331 g/mol. The number of methoxy groups -OCH3 is 1. The molecule has 3 aromatic rings. The molecule has 0 bridgehead atoms. The highest BCUT2D eigenvalue weighted by molar-refractivity contribution is 5.86. The number of ether oxygens (including phenoxy) is 1. The zero-order chi connectivity index (χ0) is 15.1. The van der Waals surface area contributed by atoms with E-state index in [-0.39, 0.29) is 18.4 Å². The van der Waals surface area contributed by atoms with Gasteiger partial charge in [-0.2, -0.15) is 0 Å². The highest BCUT2D eigenvalue weighted by Gasteiger charge is 2.25. The number of H-pyrrole nitrogens is 1. The summed E-state index contributed by atoms with van der Waals surface area (Å²) in [5, 5.41) is 14.5. The van der Waals surface area contributed by atoms with Gasteiger partial charge in [-0.05, 0) is 47.9 Å². The van der Waals surface area contributed by atoms with E-state index in [4.69, 9.17) is 4.74 Å². The summed E-state index contributed by atoms with van der Waals surface area (Å²) in [6, 6.07) is 13.6. The van der Waals surface area contributed by atoms with Crippen molar-refractivity contribution < 1.29 is 9.84 Å². The normalized spacial score (nSPS) is 16.7. The molecule has 0 fully saturated rings. The Kier molecular flexibility index (Phi) is 4.20. The third-order valence-electron chi connectivity index (χ3n) is 4.36. The minimum absolute atomic E-state index is 0. The predicted molar refractivity (Wildman–Crippen MR) is 93.8 cm³/mol. The number of halogens is 1. The molecule has 5 heteroatoms. The van der Waals surface area contributed by atoms with E-state index >= 15 is 0 Å². The van der Waals surface area contributed by atoms with Crippen molar-refractivity contribution >= 4 is 23.3 Å². The number of hydrogen-bond acceptors (Lipinski definition) is 3. The molecular formula is C18H19ClN2O2. The number of aromatic nitrogens is 1. The fourth-order valence-corrected chi connectivity index (χ4v) is 3.32. The van der Waals surface area contributed by atoms with Crippen LogP contribution in [-0.4, -0.2) is 23.7 Å². The highest BCUT2D eigenvalue weighted by Crippen LogP contribution is 2.35. The van der Waals surface area contributed by atoms with Crippen LogP contribution in [0.5, 0.6) is 11.5 Å². The van der Waals surface area contributed by atoms with E-state index in [0.717, 1.165) is 29.8 Å². The van der Waals surface area contributed by atoms with E-state index in [1.165, 1.54) is 16.6 Å². The van der Waals surface area contributed by atoms with Crippen LogP contribution in [0.2, 0.25) is 0 Å². The predicted octanol–water partition coefficient (Wildman–Crippen LogP) is 3.54. The van der Waals surface area contributed by atoms with Crippen molar-refractivity contribution in [3.63, 3.8) is 0 Å². The number of benzene rings is 2. The van der Waals surface area contributed by atoms with Crippen LogP contribution in [0.25, 0.3) is 10.9 Å². The lowest BCUT2D eigenvalue weighted by Crippen LogP contribution is -2.30. The number of nitrogens with one attached hydrogen (secondary N) is 2. The molecule has 0 amide bonds. The summed E-state index contributed by atoms with van der Waals surface area (Å²) in [5.74, 6) is 1.17. The molecule has 23 heavy (non-hydrogen) atoms. The molecule has 0 aliphatic carbocycles. The van der Waals surface area contributed by atoms with Gasteiger partial charge in [0.25, 0.3) is 0 Å². The van der Waals surface area contributed by atoms with Gasteiger partial charge in [-0.1, -0.05) is 12.1 Å². The van der Waals surface area contributed by atoms with Crippen LogP contribution in [-0.2, 0) is 6.42 Å². The van der Waals surface area contributed by atoms with Crippen LogP contribution < -0.4 is 10.1 Å². The van der Waals surface area contributed by atoms with E-state index in [2.05, 4.69) is 22.4 Å². The monoisotopic (exact) mass is 330 g/mol. The van der Waals surface area contributed by atoms with E-state index in [1.54, 1.807) is 13.2 Å². The molecule has 4 rings (SSSR count). The van der Waals surface area contributed by atoms with Gasteiger partial charge >= 0.3 is 0 Å². The Balaban J connectivity index is 0.00000156. The number of phenols is 1. The molecule has 0 saturated carbocycles. The van der Waals surface area contributed by atoms with E-state index < -0.39 is 0 Å². The fraction of sp³-hybridized carbons (Fsp3) is 0.222. The van der Waals surface area contributed by atoms with Gasteiger partial charge in [0.1, 0.15) is 11.5 Å². The molecule has 120 valence electrons. The maximum atomic E-state index is 9.75. The third-order valence-corrected chi connectivity index (χ3v) is 4.36. The molecule has 3 N–H and O–H groups in total. The molecule has 2 heterocycles. The van der Waals surface area contributed by atoms with Crippen molar-refractivity contribution in [1.82, 2.24) is 10.3 Å². The largest absolute Gasteiger partial charge is 0.508 e. The number of aromatic amines is 1. The van der Waals surface area contributed by atoms with Crippen LogP contribution >= 0.6 is 12.4 Å². The molecule has 1 unspecified atom stereocenters. The SMILES string of the molecule is COc1ccc2[nH]c3c(c2c1)CCNC3c1cccc(O)c1.Cl. The van der Waals surface area contributed by atoms with Crippen LogP contribution in [0.4, 0.5) is 0 Å². The Morgan fingerprint density at radius 2 is 2.04 bits per heavy atom. The molecule has 2 aromatic carbocycles. The summed E-state index contributed by atoms with van der Waals surface area (Å²) in [6.07, 6.45) is 0.984. The summed E-state index contributed by atoms with van der Waals surface area (Å²) in [4.78, 5) is 3.54. The molecule has 0 saturated heterocycles. The van der Waals surface area contributed by atoms with Crippen molar-refractivity contribution in [2.24, 2.45) is 0 Å². The van der Waals surface area contributed by atoms with Crippen molar-refractivity contribution in [2.75, 3.05) is 13.7 Å². The maximum absolute atomic E-state index is 9.75. The molecule has 1 aliphatic heterocycles. The number of aromatic hydroxyl groups is 1. The van der Waals surface area contributed by atoms with Gasteiger partial charge in [0.15, 0.2) is 0 Å². The van der Waals surface area contributed by atoms with Crippen LogP contribution in [0.3, 0.4) is 0 Å². The lowest BCUT2D eigenvalue weighted by atomic mass is 9.94. The number of hydrogen-bond donors (Lipinski definition) is 3. The van der Waals surface area contributed by atoms with Crippen LogP contribution in [0.15, 0.2) is 42.5 Å². The summed E-state index contributed by atoms with van der Waals surface area (Å²) < 4.78 is 5.35. The Bertz CT molecular complexity index is 844. The fourth-order valence-electron chi connectivity index (χ4n) is 3.32. The van der Waals surface area contributed by atoms with Gasteiger partial charge in [0.05, 0.1) is 13.2 Å². The first-order valence-corrected chi connectivity index (χ1v) is 7.47. The highest BCUT2D eigenvalue weighted by atomic mass is 35.5. The van der Waals surface area contributed by atoms with Crippen LogP contribution in [0, 0.1) is 0 Å². The van der Waals surface area contributed by atoms with Crippen molar-refractivity contribution in [2.45, 2.75) is 12.5 Å². The van der Waals surface area contributed by atoms with E-state index in [9.17, 15) is 5.11 Å². The number of fused-ring (bicyclic) bond motifs is 3. The molecule has 1 aromatic heterocycles. The quantitative estimate of drug-likeness (QED) is 0.673. The van der Waals surface area contributed by atoms with Gasteiger partial charge in [-0.25, -0.2) is 0 Å². The topological polar surface area (TPSA) is 57.3 Å². The lowest BCUT2D eigenvalue weighted by molar-refractivity contribution is 0.415. The number of rotatable bonds is 2. The second-order valence-electron chi connectivity index (χ2n) is 5.66. The second-order valence-corrected chi connectivity index (χ2v) is 5.66. The molecule has 1 aliphatic rings. The minimum atomic E-state index is 0. The molecule has 0 radical (unpaired) electrons. The Labute approximate surface area is 140 Å². The van der Waals surface area contributed by atoms with E-state index in [1.807, 2.05) is 24.3 Å². The van der Waals surface area contributed by atoms with Gasteiger partial charge in [-0.15, -0.1) is 12.4 Å². The second kappa shape index (κ2) is 6.14. The van der Waals surface area contributed by atoms with E-state index in [0.29, 0.717) is 5.75 Å². The smallest absolute Gasteiger partial charge is 0.119 e. The summed E-state index contributed by atoms with van der Waals surface area (Å²) in [7, 11) is 1.69. The van der Waals surface area contributed by atoms with Gasteiger partial charge in [0, 0.05) is 23.1 Å². The zero-order valence-corrected chi connectivity index (χ0v) is 13.6. The molecule has 0 spiro atoms. The first kappa shape index (κ1) is 15.7. The van der Waals surface area contributed by atoms with Crippen molar-refractivity contribution in [3.05, 3.63) is 59.3 Å². The summed E-state index contributed by atoms with van der Waals surface area (Å²) in [5.41, 5.74) is 4.71. The van der Waals surface area contributed by atoms with Crippen LogP contribution in [0.1, 0.15) is 22.9 Å². The minimum Gasteiger partial charge on any atom is -0.508 e. The Morgan fingerprint density at radius 1 is 1.17 bits per heavy atom. The Morgan fingerprint density at radius 3 is 2.83 bits per heavy atom. The maximum Gasteiger partial charge on any atom is 0.119 e. The van der Waals surface area contributed by atoms with Gasteiger partial charge < -0.3 is 20.1 Å². The first-order chi connectivity index (χ1) is 10.8. The first-order valence-electron chi connectivity index (χ1n) is 7.47. The standard InChI is InChI=1S/C18H18N2O2.ClH/c1-22-13-5-6-16-15(10-13)14-7-8-19-17(18(14)20-16)11-3-2-4-12(21)9-11;/h2-6,9-10,17,19-21H,7-8H2,1H3;1H.